The predicted octanol–water partition coefficient (Wildman–Crippen LogP) is 8.10. The molecule has 0 amide bonds. The lowest BCUT2D eigenvalue weighted by molar-refractivity contribution is -0.141. The van der Waals surface area contributed by atoms with Gasteiger partial charge < -0.3 is 19.1 Å². The Bertz CT molecular complexity index is 538. The van der Waals surface area contributed by atoms with Gasteiger partial charge in [-0.15, -0.1) is 6.58 Å². The van der Waals surface area contributed by atoms with E-state index in [9.17, 15) is 19.2 Å². The van der Waals surface area contributed by atoms with Gasteiger partial charge in [0.05, 0.1) is 14.2 Å². The van der Waals surface area contributed by atoms with Gasteiger partial charge in [-0.1, -0.05) is 76.7 Å². The molecule has 0 unspecified atom stereocenters. The van der Waals surface area contributed by atoms with Crippen LogP contribution in [0.2, 0.25) is 0 Å². The number of rotatable bonds is 21. The van der Waals surface area contributed by atoms with E-state index in [0.717, 1.165) is 44.9 Å². The minimum Gasteiger partial charge on any atom is -0.469 e. The van der Waals surface area contributed by atoms with Crippen LogP contribution in [0.15, 0.2) is 12.7 Å². The van der Waals surface area contributed by atoms with E-state index in [-0.39, 0.29) is 17.7 Å². The molecule has 36 heavy (non-hydrogen) atoms. The van der Waals surface area contributed by atoms with Crippen molar-refractivity contribution in [2.75, 3.05) is 14.2 Å². The van der Waals surface area contributed by atoms with Crippen molar-refractivity contribution in [1.82, 2.24) is 0 Å². The molecule has 0 N–H and O–H groups in total. The molecule has 0 aliphatic carbocycles. The number of carbonyl (C=O) groups excluding carboxylic acids is 4. The Morgan fingerprint density at radius 3 is 1.08 bits per heavy atom. The molecule has 0 saturated heterocycles. The van der Waals surface area contributed by atoms with Crippen LogP contribution >= 0.6 is 0 Å². The fourth-order valence-corrected chi connectivity index (χ4v) is 3.35. The number of carbonyl (C=O) groups is 4. The maximum absolute atomic E-state index is 10.8. The molecule has 0 aromatic rings. The minimum absolute atomic E-state index is 0.0864. The summed E-state index contributed by atoms with van der Waals surface area (Å²) in [6.07, 6.45) is 22.7. The molecule has 0 aliphatic rings. The van der Waals surface area contributed by atoms with E-state index >= 15 is 0 Å². The summed E-state index contributed by atoms with van der Waals surface area (Å²) in [6.45, 7) is 8.40. The lowest BCUT2D eigenvalue weighted by Crippen LogP contribution is -1.99. The highest BCUT2D eigenvalue weighted by molar-refractivity contribution is 5.75. The molecule has 0 aromatic heterocycles. The lowest BCUT2D eigenvalue weighted by atomic mass is 10.1. The van der Waals surface area contributed by atoms with Crippen LogP contribution in [0.3, 0.4) is 0 Å². The monoisotopic (exact) mass is 512 g/mol. The zero-order valence-corrected chi connectivity index (χ0v) is 24.2. The van der Waals surface area contributed by atoms with Crippen LogP contribution in [0.25, 0.3) is 0 Å². The average molecular weight is 513 g/mol. The molecule has 212 valence electrons. The fourth-order valence-electron chi connectivity index (χ4n) is 3.35. The molecule has 0 bridgehead atoms. The van der Waals surface area contributed by atoms with Crippen LogP contribution < -0.4 is 0 Å². The molecule has 0 heterocycles. The number of unbranched alkanes of at least 4 members (excludes halogenated alkanes) is 14. The van der Waals surface area contributed by atoms with Crippen molar-refractivity contribution in [3.05, 3.63) is 12.7 Å². The van der Waals surface area contributed by atoms with Crippen molar-refractivity contribution >= 4 is 23.5 Å². The van der Waals surface area contributed by atoms with Gasteiger partial charge in [-0.25, -0.2) is 0 Å². The Kier molecular flexibility index (Phi) is 35.4. The van der Waals surface area contributed by atoms with Crippen molar-refractivity contribution in [2.45, 2.75) is 143 Å². The van der Waals surface area contributed by atoms with Crippen LogP contribution in [-0.4, -0.2) is 37.7 Å². The van der Waals surface area contributed by atoms with E-state index in [1.54, 1.807) is 6.92 Å². The van der Waals surface area contributed by atoms with Gasteiger partial charge in [0.2, 0.25) is 0 Å². The van der Waals surface area contributed by atoms with E-state index < -0.39 is 0 Å². The minimum atomic E-state index is -0.0968. The molecule has 0 aliphatic heterocycles. The summed E-state index contributed by atoms with van der Waals surface area (Å²) < 4.78 is 9.15. The van der Waals surface area contributed by atoms with Crippen molar-refractivity contribution < 1.29 is 28.7 Å². The Morgan fingerprint density at radius 2 is 0.806 bits per heavy atom. The third-order valence-corrected chi connectivity index (χ3v) is 5.40. The summed E-state index contributed by atoms with van der Waals surface area (Å²) in [5, 5.41) is 0. The van der Waals surface area contributed by atoms with Gasteiger partial charge in [0.1, 0.15) is 11.6 Å². The normalized spacial score (nSPS) is 9.69. The van der Waals surface area contributed by atoms with E-state index in [0.29, 0.717) is 18.6 Å². The first-order valence-electron chi connectivity index (χ1n) is 13.9. The van der Waals surface area contributed by atoms with E-state index in [1.807, 2.05) is 6.08 Å². The zero-order valence-electron chi connectivity index (χ0n) is 24.2. The molecule has 6 heteroatoms. The first-order chi connectivity index (χ1) is 17.2. The molecular weight excluding hydrogens is 456 g/mol. The molecule has 6 nitrogen and oxygen atoms in total. The number of methoxy groups -OCH3 is 2. The SMILES string of the molecule is C=CCCCCCCCCC(=O)OC.CC(C)=O.COC(=O)CCCCCCCCCCCC(C)=O. The smallest absolute Gasteiger partial charge is 0.305 e. The third kappa shape index (κ3) is 45.5. The van der Waals surface area contributed by atoms with Crippen molar-refractivity contribution in [3.63, 3.8) is 0 Å². The summed E-state index contributed by atoms with van der Waals surface area (Å²) in [5.41, 5.74) is 0. The second-order valence-corrected chi connectivity index (χ2v) is 9.39. The predicted molar refractivity (Wildman–Crippen MR) is 149 cm³/mol. The van der Waals surface area contributed by atoms with Gasteiger partial charge in [-0.2, -0.15) is 0 Å². The molecule has 0 spiro atoms. The molecule has 0 radical (unpaired) electrons. The number of hydrogen-bond donors (Lipinski definition) is 0. The molecule has 0 atom stereocenters. The highest BCUT2D eigenvalue weighted by Gasteiger charge is 2.00. The van der Waals surface area contributed by atoms with E-state index in [1.165, 1.54) is 92.3 Å². The van der Waals surface area contributed by atoms with Crippen LogP contribution in [-0.2, 0) is 28.7 Å². The molecule has 0 saturated carbocycles. The molecule has 0 rings (SSSR count). The third-order valence-electron chi connectivity index (χ3n) is 5.40. The highest BCUT2D eigenvalue weighted by Crippen LogP contribution is 2.12. The Hall–Kier alpha value is -1.98. The fraction of sp³-hybridized carbons (Fsp3) is 0.800. The number of Topliss-reactive ketones (excluding diaryl/α,β-unsaturated/α-hetero) is 2. The summed E-state index contributed by atoms with van der Waals surface area (Å²) in [7, 11) is 2.88. The number of hydrogen-bond acceptors (Lipinski definition) is 6. The van der Waals surface area contributed by atoms with Gasteiger partial charge >= 0.3 is 11.9 Å². The number of allylic oxidation sites excluding steroid dienone is 1. The second-order valence-electron chi connectivity index (χ2n) is 9.39. The lowest BCUT2D eigenvalue weighted by Gasteiger charge is -2.02. The van der Waals surface area contributed by atoms with Gasteiger partial charge in [-0.3, -0.25) is 9.59 Å². The van der Waals surface area contributed by atoms with Gasteiger partial charge in [0.15, 0.2) is 0 Å². The second kappa shape index (κ2) is 33.0. The van der Waals surface area contributed by atoms with Crippen molar-refractivity contribution in [1.29, 1.82) is 0 Å². The average Bonchev–Trinajstić information content (AvgIpc) is 2.83. The van der Waals surface area contributed by atoms with Crippen LogP contribution in [0.4, 0.5) is 0 Å². The summed E-state index contributed by atoms with van der Waals surface area (Å²) in [6, 6.07) is 0. The Labute approximate surface area is 222 Å². The van der Waals surface area contributed by atoms with Crippen LogP contribution in [0.5, 0.6) is 0 Å². The van der Waals surface area contributed by atoms with E-state index in [4.69, 9.17) is 0 Å². The van der Waals surface area contributed by atoms with Crippen LogP contribution in [0, 0.1) is 0 Å². The number of ether oxygens (including phenoxy) is 2. The number of ketones is 2. The molecular formula is C30H56O6. The highest BCUT2D eigenvalue weighted by atomic mass is 16.5. The van der Waals surface area contributed by atoms with Crippen molar-refractivity contribution in [2.24, 2.45) is 0 Å². The van der Waals surface area contributed by atoms with Crippen molar-refractivity contribution in [3.8, 4) is 0 Å². The Morgan fingerprint density at radius 1 is 0.528 bits per heavy atom. The Balaban J connectivity index is -0.000000538. The maximum atomic E-state index is 10.8. The summed E-state index contributed by atoms with van der Waals surface area (Å²) >= 11 is 0. The van der Waals surface area contributed by atoms with E-state index in [2.05, 4.69) is 16.1 Å². The standard InChI is InChI=1S/C15H28O3.C12H22O2.C3H6O/c1-14(16)12-10-8-6-4-3-5-7-9-11-13-15(17)18-2;1-3-4-5-6-7-8-9-10-11-12(13)14-2;1-3(2)4/h3-13H2,1-2H3;3H,1,4-11H2,2H3;1-2H3. The van der Waals surface area contributed by atoms with Gasteiger partial charge in [0, 0.05) is 19.3 Å². The topological polar surface area (TPSA) is 86.7 Å². The maximum Gasteiger partial charge on any atom is 0.305 e. The zero-order chi connectivity index (χ0) is 27.9. The molecule has 0 aromatic carbocycles. The van der Waals surface area contributed by atoms with Gasteiger partial charge in [-0.05, 0) is 52.9 Å². The summed E-state index contributed by atoms with van der Waals surface area (Å²) in [5.74, 6) is 0.290. The largest absolute Gasteiger partial charge is 0.469 e. The molecule has 0 fully saturated rings. The first-order valence-corrected chi connectivity index (χ1v) is 13.9. The summed E-state index contributed by atoms with van der Waals surface area (Å²) in [4.78, 5) is 41.8. The number of esters is 2. The van der Waals surface area contributed by atoms with Crippen LogP contribution in [0.1, 0.15) is 143 Å². The quantitative estimate of drug-likeness (QED) is 0.0877. The van der Waals surface area contributed by atoms with Gasteiger partial charge in [0.25, 0.3) is 0 Å². The first kappa shape index (κ1) is 38.5.